The monoisotopic (exact) mass is 589 g/mol. The third kappa shape index (κ3) is 6.30. The molecule has 0 fully saturated rings. The van der Waals surface area contributed by atoms with Gasteiger partial charge in [-0.05, 0) is 47.4 Å². The van der Waals surface area contributed by atoms with E-state index in [1.54, 1.807) is 0 Å². The van der Waals surface area contributed by atoms with Crippen molar-refractivity contribution in [3.63, 3.8) is 0 Å². The van der Waals surface area contributed by atoms with E-state index < -0.39 is 13.8 Å². The van der Waals surface area contributed by atoms with Gasteiger partial charge in [0.25, 0.3) is 0 Å². The van der Waals surface area contributed by atoms with Crippen LogP contribution in [-0.2, 0) is 35.0 Å². The molecule has 4 rings (SSSR count). The first-order valence-electron chi connectivity index (χ1n) is 11.8. The molecule has 0 aliphatic rings. The quantitative estimate of drug-likeness (QED) is 0.137. The van der Waals surface area contributed by atoms with Gasteiger partial charge in [0, 0.05) is 24.9 Å². The number of nitrogens with two attached hydrogens (primary N) is 1. The number of anilines is 1. The van der Waals surface area contributed by atoms with Crippen LogP contribution in [0, 0.1) is 0 Å². The number of rotatable bonds is 10. The fourth-order valence-corrected chi connectivity index (χ4v) is 5.31. The number of nitrogen functional groups attached to an aromatic ring is 1. The number of pyridine rings is 1. The van der Waals surface area contributed by atoms with E-state index in [2.05, 4.69) is 33.2 Å². The molecule has 0 spiro atoms. The van der Waals surface area contributed by atoms with Gasteiger partial charge in [-0.2, -0.15) is 0 Å². The molecular weight excluding hydrogens is 561 g/mol. The molecule has 37 heavy (non-hydrogen) atoms. The number of imidazole rings is 1. The summed E-state index contributed by atoms with van der Waals surface area (Å²) in [5, 5.41) is 14.0. The maximum atomic E-state index is 11.8. The Morgan fingerprint density at radius 1 is 1.16 bits per heavy atom. The summed E-state index contributed by atoms with van der Waals surface area (Å²) in [5.74, 6) is 0.917. The predicted octanol–water partition coefficient (Wildman–Crippen LogP) is 3.95. The highest BCUT2D eigenvalue weighted by atomic mass is 79.9. The third-order valence-electron chi connectivity index (χ3n) is 6.11. The first-order valence-corrected chi connectivity index (χ1v) is 14.8. The van der Waals surface area contributed by atoms with Crippen LogP contribution >= 0.6 is 23.5 Å². The van der Waals surface area contributed by atoms with E-state index in [9.17, 15) is 24.3 Å². The first kappa shape index (κ1) is 27.1. The Bertz CT molecular complexity index is 1520. The Balaban J connectivity index is 1.92. The number of aromatic hydroxyl groups is 1. The standard InChI is InChI=1S/C25H29BrN5O5P/c1-2-3-4-21-30-23-24(31(21)13-17-10-18(32)7-6-16(17)14-37(34,35)36)19-9-15(12-28-22(33)11-26)5-8-20(19)29-25(23)27/h5-10,32H,2-4,11-14H2,1H3,(H2,27,29)(H,28,33)(H2,34,35,36). The fourth-order valence-electron chi connectivity index (χ4n) is 4.36. The molecule has 0 saturated heterocycles. The molecular formula is C25H29BrN5O5P. The third-order valence-corrected chi connectivity index (χ3v) is 7.37. The second-order valence-corrected chi connectivity index (χ2v) is 11.2. The zero-order valence-electron chi connectivity index (χ0n) is 20.3. The van der Waals surface area contributed by atoms with E-state index in [0.717, 1.165) is 35.1 Å². The zero-order valence-corrected chi connectivity index (χ0v) is 22.8. The van der Waals surface area contributed by atoms with Crippen LogP contribution in [0.5, 0.6) is 5.75 Å². The molecule has 12 heteroatoms. The lowest BCUT2D eigenvalue weighted by Crippen LogP contribution is -2.23. The van der Waals surface area contributed by atoms with Crippen molar-refractivity contribution >= 4 is 57.2 Å². The molecule has 0 radical (unpaired) electrons. The fraction of sp³-hybridized carbons (Fsp3) is 0.320. The minimum absolute atomic E-state index is 0.000140. The van der Waals surface area contributed by atoms with E-state index >= 15 is 0 Å². The molecule has 4 aromatic rings. The van der Waals surface area contributed by atoms with Gasteiger partial charge in [-0.3, -0.25) is 9.36 Å². The van der Waals surface area contributed by atoms with Crippen LogP contribution in [0.4, 0.5) is 5.82 Å². The highest BCUT2D eigenvalue weighted by Gasteiger charge is 2.21. The van der Waals surface area contributed by atoms with Crippen molar-refractivity contribution < 1.29 is 24.3 Å². The first-order chi connectivity index (χ1) is 17.6. The number of amides is 1. The summed E-state index contributed by atoms with van der Waals surface area (Å²) < 4.78 is 13.8. The number of hydrogen-bond acceptors (Lipinski definition) is 6. The lowest BCUT2D eigenvalue weighted by molar-refractivity contribution is -0.118. The molecule has 0 saturated carbocycles. The number of carbonyl (C=O) groups is 1. The summed E-state index contributed by atoms with van der Waals surface area (Å²) in [6.45, 7) is 2.64. The van der Waals surface area contributed by atoms with Crippen LogP contribution in [0.25, 0.3) is 21.9 Å². The number of fused-ring (bicyclic) bond motifs is 3. The van der Waals surface area contributed by atoms with E-state index in [-0.39, 0.29) is 29.3 Å². The Morgan fingerprint density at radius 3 is 2.65 bits per heavy atom. The Hall–Kier alpha value is -2.98. The average Bonchev–Trinajstić information content (AvgIpc) is 3.21. The number of unbranched alkanes of at least 4 members (excludes halogenated alkanes) is 1. The number of carbonyl (C=O) groups excluding carboxylic acids is 1. The number of benzene rings is 2. The lowest BCUT2D eigenvalue weighted by Gasteiger charge is -2.16. The van der Waals surface area contributed by atoms with Gasteiger partial charge in [-0.1, -0.05) is 41.4 Å². The normalized spacial score (nSPS) is 11.9. The molecule has 0 aliphatic carbocycles. The number of hydrogen-bond donors (Lipinski definition) is 5. The summed E-state index contributed by atoms with van der Waals surface area (Å²) in [5.41, 5.74) is 10.2. The van der Waals surface area contributed by atoms with E-state index in [1.165, 1.54) is 18.2 Å². The van der Waals surface area contributed by atoms with Gasteiger partial charge in [0.05, 0.1) is 22.5 Å². The number of nitrogens with one attached hydrogen (secondary N) is 1. The Kier molecular flexibility index (Phi) is 8.18. The van der Waals surface area contributed by atoms with Crippen molar-refractivity contribution in [2.24, 2.45) is 0 Å². The number of aryl methyl sites for hydroxylation is 1. The summed E-state index contributed by atoms with van der Waals surface area (Å²) in [7, 11) is -4.34. The maximum Gasteiger partial charge on any atom is 0.329 e. The van der Waals surface area contributed by atoms with Crippen molar-refractivity contribution in [3.8, 4) is 5.75 Å². The van der Waals surface area contributed by atoms with Gasteiger partial charge in [-0.25, -0.2) is 9.97 Å². The molecule has 1 amide bonds. The summed E-state index contributed by atoms with van der Waals surface area (Å²) in [6.07, 6.45) is 2.06. The SMILES string of the molecule is CCCCc1nc2c(N)nc3ccc(CNC(=O)CBr)cc3c2n1Cc1cc(O)ccc1CP(=O)(O)O. The van der Waals surface area contributed by atoms with Gasteiger partial charge >= 0.3 is 7.60 Å². The minimum Gasteiger partial charge on any atom is -0.508 e. The van der Waals surface area contributed by atoms with E-state index in [4.69, 9.17) is 10.7 Å². The van der Waals surface area contributed by atoms with Crippen molar-refractivity contribution in [2.75, 3.05) is 11.1 Å². The Morgan fingerprint density at radius 2 is 1.95 bits per heavy atom. The molecule has 0 bridgehead atoms. The largest absolute Gasteiger partial charge is 0.508 e. The highest BCUT2D eigenvalue weighted by molar-refractivity contribution is 9.09. The van der Waals surface area contributed by atoms with Crippen LogP contribution in [-0.4, -0.2) is 40.7 Å². The van der Waals surface area contributed by atoms with Crippen molar-refractivity contribution in [3.05, 3.63) is 58.9 Å². The summed E-state index contributed by atoms with van der Waals surface area (Å²) >= 11 is 3.15. The minimum atomic E-state index is -4.34. The van der Waals surface area contributed by atoms with Crippen molar-refractivity contribution in [2.45, 2.75) is 45.4 Å². The highest BCUT2D eigenvalue weighted by Crippen LogP contribution is 2.41. The Labute approximate surface area is 222 Å². The van der Waals surface area contributed by atoms with E-state index in [1.807, 2.05) is 22.8 Å². The molecule has 2 aromatic heterocycles. The molecule has 0 unspecified atom stereocenters. The number of nitrogens with zero attached hydrogens (tertiary/aromatic N) is 3. The van der Waals surface area contributed by atoms with Gasteiger partial charge < -0.3 is 30.5 Å². The summed E-state index contributed by atoms with van der Waals surface area (Å²) in [6, 6.07) is 10.1. The maximum absolute atomic E-state index is 11.8. The number of aromatic nitrogens is 3. The van der Waals surface area contributed by atoms with Gasteiger partial charge in [0.2, 0.25) is 5.91 Å². The molecule has 0 aliphatic heterocycles. The number of alkyl halides is 1. The number of halogens is 1. The van der Waals surface area contributed by atoms with Crippen LogP contribution < -0.4 is 11.1 Å². The predicted molar refractivity (Wildman–Crippen MR) is 147 cm³/mol. The van der Waals surface area contributed by atoms with Gasteiger partial charge in [-0.15, -0.1) is 0 Å². The van der Waals surface area contributed by atoms with Gasteiger partial charge in [0.15, 0.2) is 5.82 Å². The van der Waals surface area contributed by atoms with E-state index in [0.29, 0.717) is 35.1 Å². The second-order valence-electron chi connectivity index (χ2n) is 8.95. The number of phenols is 1. The van der Waals surface area contributed by atoms with Gasteiger partial charge in [0.1, 0.15) is 17.1 Å². The average molecular weight is 590 g/mol. The molecule has 6 N–H and O–H groups in total. The summed E-state index contributed by atoms with van der Waals surface area (Å²) in [4.78, 5) is 40.4. The lowest BCUT2D eigenvalue weighted by atomic mass is 10.1. The van der Waals surface area contributed by atoms with Crippen molar-refractivity contribution in [1.82, 2.24) is 19.9 Å². The molecule has 196 valence electrons. The van der Waals surface area contributed by atoms with Crippen LogP contribution in [0.3, 0.4) is 0 Å². The van der Waals surface area contributed by atoms with Crippen molar-refractivity contribution in [1.29, 1.82) is 0 Å². The molecule has 0 atom stereocenters. The molecule has 10 nitrogen and oxygen atoms in total. The molecule has 2 aromatic carbocycles. The molecule has 2 heterocycles. The smallest absolute Gasteiger partial charge is 0.329 e. The number of phenolic OH excluding ortho intramolecular Hbond substituents is 1. The topological polar surface area (TPSA) is 164 Å². The zero-order chi connectivity index (χ0) is 26.7. The van der Waals surface area contributed by atoms with Crippen LogP contribution in [0.1, 0.15) is 42.3 Å². The van der Waals surface area contributed by atoms with Crippen LogP contribution in [0.2, 0.25) is 0 Å². The van der Waals surface area contributed by atoms with Crippen LogP contribution in [0.15, 0.2) is 36.4 Å². The second kappa shape index (κ2) is 11.2.